The van der Waals surface area contributed by atoms with Gasteiger partial charge >= 0.3 is 0 Å². The van der Waals surface area contributed by atoms with Gasteiger partial charge in [-0.3, -0.25) is 5.43 Å². The van der Waals surface area contributed by atoms with Crippen molar-refractivity contribution in [1.82, 2.24) is 5.43 Å². The molecule has 31 heavy (non-hydrogen) atoms. The number of nitrogens with one attached hydrogen (secondary N) is 1. The molecule has 160 valence electrons. The Labute approximate surface area is 187 Å². The summed E-state index contributed by atoms with van der Waals surface area (Å²) in [5.74, 6) is 2.38. The van der Waals surface area contributed by atoms with Crippen LogP contribution < -0.4 is 25.4 Å². The summed E-state index contributed by atoms with van der Waals surface area (Å²) in [6.45, 7) is 1.65. The molecule has 3 aromatic carbocycles. The molecule has 0 saturated heterocycles. The summed E-state index contributed by atoms with van der Waals surface area (Å²) in [6, 6.07) is 25.3. The normalized spacial score (nSPS) is 10.6. The number of hydrogen-bond acceptors (Lipinski definition) is 5. The van der Waals surface area contributed by atoms with Crippen LogP contribution >= 0.6 is 12.2 Å². The van der Waals surface area contributed by atoms with Crippen molar-refractivity contribution in [2.45, 2.75) is 13.0 Å². The van der Waals surface area contributed by atoms with Crippen LogP contribution in [-0.2, 0) is 6.61 Å². The van der Waals surface area contributed by atoms with Crippen LogP contribution in [0.1, 0.15) is 17.5 Å². The summed E-state index contributed by atoms with van der Waals surface area (Å²) in [5, 5.41) is 4.06. The van der Waals surface area contributed by atoms with Gasteiger partial charge in [-0.1, -0.05) is 42.5 Å². The third-order valence-corrected chi connectivity index (χ3v) is 4.24. The molecule has 7 heteroatoms. The molecule has 3 rings (SSSR count). The van der Waals surface area contributed by atoms with E-state index < -0.39 is 0 Å². The molecule has 0 aromatic heterocycles. The Balaban J connectivity index is 1.34. The van der Waals surface area contributed by atoms with Crippen molar-refractivity contribution in [3.63, 3.8) is 0 Å². The lowest BCUT2D eigenvalue weighted by Gasteiger charge is -2.10. The summed E-state index contributed by atoms with van der Waals surface area (Å²) < 4.78 is 17.3. The van der Waals surface area contributed by atoms with Gasteiger partial charge in [-0.2, -0.15) is 5.10 Å². The first kappa shape index (κ1) is 22.1. The van der Waals surface area contributed by atoms with E-state index in [4.69, 9.17) is 32.2 Å². The van der Waals surface area contributed by atoms with E-state index in [-0.39, 0.29) is 5.11 Å². The third kappa shape index (κ3) is 8.36. The zero-order chi connectivity index (χ0) is 21.7. The average molecular weight is 436 g/mol. The highest BCUT2D eigenvalue weighted by atomic mass is 32.1. The molecule has 0 bridgehead atoms. The maximum atomic E-state index is 5.78. The fraction of sp³-hybridized carbons (Fsp3) is 0.167. The van der Waals surface area contributed by atoms with Gasteiger partial charge in [-0.05, 0) is 59.7 Å². The monoisotopic (exact) mass is 435 g/mol. The highest BCUT2D eigenvalue weighted by Gasteiger charge is 1.99. The first-order valence-corrected chi connectivity index (χ1v) is 10.3. The van der Waals surface area contributed by atoms with Gasteiger partial charge in [0.1, 0.15) is 23.9 Å². The molecule has 3 N–H and O–H groups in total. The minimum Gasteiger partial charge on any atom is -0.493 e. The van der Waals surface area contributed by atoms with E-state index in [0.717, 1.165) is 34.8 Å². The van der Waals surface area contributed by atoms with Crippen LogP contribution in [0.3, 0.4) is 0 Å². The molecule has 6 nitrogen and oxygen atoms in total. The molecule has 3 aromatic rings. The second-order valence-electron chi connectivity index (χ2n) is 6.60. The molecule has 0 aliphatic carbocycles. The number of thiocarbonyl (C=S) groups is 1. The number of hydrogen-bond donors (Lipinski definition) is 2. The quantitative estimate of drug-likeness (QED) is 0.203. The highest BCUT2D eigenvalue weighted by Crippen LogP contribution is 2.19. The Hall–Kier alpha value is -3.58. The number of hydrazone groups is 1. The molecule has 0 radical (unpaired) electrons. The molecular weight excluding hydrogens is 410 g/mol. The van der Waals surface area contributed by atoms with Gasteiger partial charge in [0.05, 0.1) is 19.4 Å². The molecule has 0 aliphatic heterocycles. The smallest absolute Gasteiger partial charge is 0.184 e. The average Bonchev–Trinajstić information content (AvgIpc) is 2.79. The number of benzene rings is 3. The highest BCUT2D eigenvalue weighted by molar-refractivity contribution is 7.80. The Morgan fingerprint density at radius 3 is 2.23 bits per heavy atom. The predicted molar refractivity (Wildman–Crippen MR) is 127 cm³/mol. The molecule has 0 saturated carbocycles. The van der Waals surface area contributed by atoms with Gasteiger partial charge in [0.15, 0.2) is 5.11 Å². The van der Waals surface area contributed by atoms with Crippen LogP contribution in [0.4, 0.5) is 0 Å². The van der Waals surface area contributed by atoms with Gasteiger partial charge in [-0.15, -0.1) is 0 Å². The van der Waals surface area contributed by atoms with Crippen molar-refractivity contribution in [1.29, 1.82) is 0 Å². The van der Waals surface area contributed by atoms with Crippen LogP contribution in [0.2, 0.25) is 0 Å². The molecule has 0 spiro atoms. The summed E-state index contributed by atoms with van der Waals surface area (Å²) >= 11 is 4.70. The summed E-state index contributed by atoms with van der Waals surface area (Å²) in [7, 11) is 0. The topological polar surface area (TPSA) is 78.1 Å². The van der Waals surface area contributed by atoms with Crippen molar-refractivity contribution >= 4 is 23.5 Å². The molecule has 0 atom stereocenters. The lowest BCUT2D eigenvalue weighted by atomic mass is 10.2. The molecule has 0 heterocycles. The van der Waals surface area contributed by atoms with E-state index in [1.807, 2.05) is 78.9 Å². The number of nitrogens with zero attached hydrogens (tertiary/aromatic N) is 1. The predicted octanol–water partition coefficient (Wildman–Crippen LogP) is 4.28. The van der Waals surface area contributed by atoms with E-state index in [2.05, 4.69) is 10.5 Å². The van der Waals surface area contributed by atoms with Crippen LogP contribution in [0, 0.1) is 0 Å². The standard InChI is InChI=1S/C24H25N3O3S/c25-24(31)27-26-17-20-8-4-9-23(16-20)29-15-5-14-28-21-10-12-22(13-11-21)30-18-19-6-2-1-3-7-19/h1-4,6-13,16-17H,5,14-15,18H2,(H3,25,27,31). The first-order valence-electron chi connectivity index (χ1n) is 9.90. The molecular formula is C24H25N3O3S. The Bertz CT molecular complexity index is 979. The summed E-state index contributed by atoms with van der Waals surface area (Å²) in [6.07, 6.45) is 2.38. The second-order valence-corrected chi connectivity index (χ2v) is 7.04. The third-order valence-electron chi connectivity index (χ3n) is 4.14. The van der Waals surface area contributed by atoms with E-state index in [0.29, 0.717) is 19.8 Å². The van der Waals surface area contributed by atoms with Gasteiger partial charge in [0.25, 0.3) is 0 Å². The van der Waals surface area contributed by atoms with E-state index in [1.165, 1.54) is 0 Å². The lowest BCUT2D eigenvalue weighted by Crippen LogP contribution is -2.23. The van der Waals surface area contributed by atoms with Crippen LogP contribution in [0.25, 0.3) is 0 Å². The number of rotatable bonds is 11. The van der Waals surface area contributed by atoms with Gasteiger partial charge in [-0.25, -0.2) is 0 Å². The maximum Gasteiger partial charge on any atom is 0.184 e. The zero-order valence-corrected chi connectivity index (χ0v) is 17.9. The molecule has 0 fully saturated rings. The van der Waals surface area contributed by atoms with Crippen molar-refractivity contribution in [3.05, 3.63) is 90.0 Å². The zero-order valence-electron chi connectivity index (χ0n) is 17.1. The maximum absolute atomic E-state index is 5.78. The second kappa shape index (κ2) is 12.2. The summed E-state index contributed by atoms with van der Waals surface area (Å²) in [5.41, 5.74) is 9.87. The fourth-order valence-corrected chi connectivity index (χ4v) is 2.72. The van der Waals surface area contributed by atoms with Crippen molar-refractivity contribution in [3.8, 4) is 17.2 Å². The Kier molecular flexibility index (Phi) is 8.70. The first-order chi connectivity index (χ1) is 15.2. The Morgan fingerprint density at radius 2 is 1.52 bits per heavy atom. The SMILES string of the molecule is NC(=S)NN=Cc1cccc(OCCCOc2ccc(OCc3ccccc3)cc2)c1. The minimum absolute atomic E-state index is 0.123. The lowest BCUT2D eigenvalue weighted by molar-refractivity contribution is 0.247. The minimum atomic E-state index is 0.123. The molecule has 0 unspecified atom stereocenters. The number of nitrogens with two attached hydrogens (primary N) is 1. The largest absolute Gasteiger partial charge is 0.493 e. The van der Waals surface area contributed by atoms with Crippen LogP contribution in [-0.4, -0.2) is 24.5 Å². The van der Waals surface area contributed by atoms with Gasteiger partial charge < -0.3 is 19.9 Å². The number of ether oxygens (including phenoxy) is 3. The molecule has 0 aliphatic rings. The van der Waals surface area contributed by atoms with E-state index in [9.17, 15) is 0 Å². The van der Waals surface area contributed by atoms with Crippen LogP contribution in [0.15, 0.2) is 84.0 Å². The van der Waals surface area contributed by atoms with Crippen molar-refractivity contribution < 1.29 is 14.2 Å². The summed E-state index contributed by atoms with van der Waals surface area (Å²) in [4.78, 5) is 0. The van der Waals surface area contributed by atoms with Gasteiger partial charge in [0, 0.05) is 6.42 Å². The van der Waals surface area contributed by atoms with Gasteiger partial charge in [0.2, 0.25) is 0 Å². The van der Waals surface area contributed by atoms with Crippen LogP contribution in [0.5, 0.6) is 17.2 Å². The van der Waals surface area contributed by atoms with E-state index in [1.54, 1.807) is 6.21 Å². The Morgan fingerprint density at radius 1 is 0.839 bits per heavy atom. The fourth-order valence-electron chi connectivity index (χ4n) is 2.67. The molecule has 0 amide bonds. The van der Waals surface area contributed by atoms with Crippen molar-refractivity contribution in [2.75, 3.05) is 13.2 Å². The van der Waals surface area contributed by atoms with Crippen molar-refractivity contribution in [2.24, 2.45) is 10.8 Å². The van der Waals surface area contributed by atoms with E-state index >= 15 is 0 Å².